The van der Waals surface area contributed by atoms with Gasteiger partial charge in [-0.15, -0.1) is 0 Å². The van der Waals surface area contributed by atoms with Crippen LogP contribution in [0.3, 0.4) is 0 Å². The van der Waals surface area contributed by atoms with Crippen molar-refractivity contribution in [1.29, 1.82) is 0 Å². The summed E-state index contributed by atoms with van der Waals surface area (Å²) in [7, 11) is 0. The highest BCUT2D eigenvalue weighted by atomic mass is 19.4. The Labute approximate surface area is 116 Å². The highest BCUT2D eigenvalue weighted by Gasteiger charge is 2.30. The predicted octanol–water partition coefficient (Wildman–Crippen LogP) is 3.56. The zero-order chi connectivity index (χ0) is 14.8. The van der Waals surface area contributed by atoms with Crippen molar-refractivity contribution in [1.82, 2.24) is 4.57 Å². The molecular weight excluding hydrogens is 265 g/mol. The number of hydrogen-bond donors (Lipinski definition) is 0. The summed E-state index contributed by atoms with van der Waals surface area (Å²) in [4.78, 5) is 0. The van der Waals surface area contributed by atoms with Crippen molar-refractivity contribution in [3.8, 4) is 0 Å². The number of aryl methyl sites for hydroxylation is 1. The lowest BCUT2D eigenvalue weighted by molar-refractivity contribution is -0.694. The van der Waals surface area contributed by atoms with Crippen LogP contribution in [0.1, 0.15) is 30.3 Å². The van der Waals surface area contributed by atoms with Gasteiger partial charge in [0, 0.05) is 6.92 Å². The molecule has 0 N–H and O–H groups in total. The summed E-state index contributed by atoms with van der Waals surface area (Å²) in [6, 6.07) is 5.49. The van der Waals surface area contributed by atoms with Crippen molar-refractivity contribution in [2.75, 3.05) is 0 Å². The SMILES string of the molecule is CCCn1cc[n+](Cc2cccc(C(F)(F)F)c2)c1C. The molecule has 0 radical (unpaired) electrons. The van der Waals surface area contributed by atoms with Gasteiger partial charge in [0.2, 0.25) is 0 Å². The van der Waals surface area contributed by atoms with Gasteiger partial charge in [-0.1, -0.05) is 19.1 Å². The number of nitrogens with zero attached hydrogens (tertiary/aromatic N) is 2. The number of alkyl halides is 3. The molecule has 5 heteroatoms. The zero-order valence-corrected chi connectivity index (χ0v) is 11.6. The molecule has 108 valence electrons. The highest BCUT2D eigenvalue weighted by Crippen LogP contribution is 2.29. The van der Waals surface area contributed by atoms with Crippen LogP contribution in [0.4, 0.5) is 13.2 Å². The molecule has 2 nitrogen and oxygen atoms in total. The molecule has 0 aliphatic rings. The predicted molar refractivity (Wildman–Crippen MR) is 70.2 cm³/mol. The molecule has 2 rings (SSSR count). The summed E-state index contributed by atoms with van der Waals surface area (Å²) in [5.74, 6) is 1.05. The largest absolute Gasteiger partial charge is 0.416 e. The van der Waals surface area contributed by atoms with Gasteiger partial charge in [-0.25, -0.2) is 9.13 Å². The van der Waals surface area contributed by atoms with Gasteiger partial charge >= 0.3 is 6.18 Å². The van der Waals surface area contributed by atoms with Gasteiger partial charge in [0.05, 0.1) is 12.1 Å². The van der Waals surface area contributed by atoms with Crippen LogP contribution in [0.5, 0.6) is 0 Å². The van der Waals surface area contributed by atoms with E-state index >= 15 is 0 Å². The molecule has 1 heterocycles. The zero-order valence-electron chi connectivity index (χ0n) is 11.6. The summed E-state index contributed by atoms with van der Waals surface area (Å²) in [6.07, 6.45) is 0.612. The Morgan fingerprint density at radius 2 is 2.00 bits per heavy atom. The standard InChI is InChI=1S/C15H18F3N2/c1-3-7-19-8-9-20(12(19)2)11-13-5-4-6-14(10-13)15(16,17)18/h4-6,8-10H,3,7,11H2,1-2H3/q+1. The molecule has 0 amide bonds. The Kier molecular flexibility index (Phi) is 4.16. The van der Waals surface area contributed by atoms with Crippen LogP contribution < -0.4 is 4.57 Å². The first kappa shape index (κ1) is 14.6. The minimum Gasteiger partial charge on any atom is -0.234 e. The van der Waals surface area contributed by atoms with Crippen LogP contribution in [-0.2, 0) is 19.3 Å². The van der Waals surface area contributed by atoms with E-state index in [2.05, 4.69) is 11.5 Å². The molecule has 0 bridgehead atoms. The van der Waals surface area contributed by atoms with Gasteiger partial charge in [0.25, 0.3) is 5.82 Å². The molecule has 0 atom stereocenters. The number of imidazole rings is 1. The lowest BCUT2D eigenvalue weighted by Crippen LogP contribution is -2.36. The first-order chi connectivity index (χ1) is 9.41. The molecule has 0 fully saturated rings. The second-order valence-corrected chi connectivity index (χ2v) is 4.86. The van der Waals surface area contributed by atoms with Gasteiger partial charge in [-0.3, -0.25) is 0 Å². The number of rotatable bonds is 4. The average molecular weight is 283 g/mol. The summed E-state index contributed by atoms with van der Waals surface area (Å²) >= 11 is 0. The van der Waals surface area contributed by atoms with E-state index in [1.54, 1.807) is 6.07 Å². The van der Waals surface area contributed by atoms with Crippen molar-refractivity contribution in [2.24, 2.45) is 0 Å². The van der Waals surface area contributed by atoms with E-state index in [1.165, 1.54) is 12.1 Å². The van der Waals surface area contributed by atoms with Crippen LogP contribution in [0.25, 0.3) is 0 Å². The fourth-order valence-electron chi connectivity index (χ4n) is 2.23. The maximum absolute atomic E-state index is 12.7. The summed E-state index contributed by atoms with van der Waals surface area (Å²) in [6.45, 7) is 5.44. The molecule has 0 saturated carbocycles. The summed E-state index contributed by atoms with van der Waals surface area (Å²) in [5.41, 5.74) is 0.0587. The van der Waals surface area contributed by atoms with Crippen LogP contribution in [0.2, 0.25) is 0 Å². The van der Waals surface area contributed by atoms with Gasteiger partial charge in [0.1, 0.15) is 18.9 Å². The lowest BCUT2D eigenvalue weighted by Gasteiger charge is -2.08. The maximum atomic E-state index is 12.7. The smallest absolute Gasteiger partial charge is 0.234 e. The third-order valence-corrected chi connectivity index (χ3v) is 3.33. The number of aromatic nitrogens is 2. The molecule has 0 spiro atoms. The van der Waals surface area contributed by atoms with Crippen molar-refractivity contribution in [3.05, 3.63) is 53.6 Å². The fraction of sp³-hybridized carbons (Fsp3) is 0.400. The number of benzene rings is 1. The molecular formula is C15H18F3N2+. The van der Waals surface area contributed by atoms with E-state index in [9.17, 15) is 13.2 Å². The van der Waals surface area contributed by atoms with Crippen LogP contribution >= 0.6 is 0 Å². The Morgan fingerprint density at radius 3 is 2.65 bits per heavy atom. The monoisotopic (exact) mass is 283 g/mol. The van der Waals surface area contributed by atoms with Gasteiger partial charge in [-0.2, -0.15) is 13.2 Å². The Balaban J connectivity index is 2.22. The Hall–Kier alpha value is -1.78. The molecule has 1 aromatic carbocycles. The van der Waals surface area contributed by atoms with Crippen molar-refractivity contribution >= 4 is 0 Å². The summed E-state index contributed by atoms with van der Waals surface area (Å²) < 4.78 is 42.1. The molecule has 0 saturated heterocycles. The molecule has 2 aromatic rings. The minimum absolute atomic E-state index is 0.451. The minimum atomic E-state index is -4.29. The Bertz CT molecular complexity index is 585. The molecule has 0 aliphatic heterocycles. The molecule has 0 unspecified atom stereocenters. The molecule has 20 heavy (non-hydrogen) atoms. The summed E-state index contributed by atoms with van der Waals surface area (Å²) in [5, 5.41) is 0. The van der Waals surface area contributed by atoms with Crippen molar-refractivity contribution < 1.29 is 17.7 Å². The second-order valence-electron chi connectivity index (χ2n) is 4.86. The van der Waals surface area contributed by atoms with Gasteiger partial charge < -0.3 is 0 Å². The second kappa shape index (κ2) is 5.69. The average Bonchev–Trinajstić information content (AvgIpc) is 2.72. The molecule has 0 aliphatic carbocycles. The topological polar surface area (TPSA) is 8.81 Å². The Morgan fingerprint density at radius 1 is 1.25 bits per heavy atom. The van der Waals surface area contributed by atoms with Gasteiger partial charge in [0.15, 0.2) is 0 Å². The maximum Gasteiger partial charge on any atom is 0.416 e. The quantitative estimate of drug-likeness (QED) is 0.759. The van der Waals surface area contributed by atoms with E-state index in [0.717, 1.165) is 24.9 Å². The van der Waals surface area contributed by atoms with E-state index in [4.69, 9.17) is 0 Å². The number of hydrogen-bond acceptors (Lipinski definition) is 0. The first-order valence-corrected chi connectivity index (χ1v) is 6.63. The third-order valence-electron chi connectivity index (χ3n) is 3.33. The normalized spacial score (nSPS) is 11.8. The third kappa shape index (κ3) is 3.21. The lowest BCUT2D eigenvalue weighted by atomic mass is 10.1. The highest BCUT2D eigenvalue weighted by molar-refractivity contribution is 5.25. The van der Waals surface area contributed by atoms with E-state index < -0.39 is 11.7 Å². The van der Waals surface area contributed by atoms with E-state index in [-0.39, 0.29) is 0 Å². The van der Waals surface area contributed by atoms with E-state index in [1.807, 2.05) is 23.9 Å². The van der Waals surface area contributed by atoms with Crippen LogP contribution in [-0.4, -0.2) is 4.57 Å². The first-order valence-electron chi connectivity index (χ1n) is 6.63. The van der Waals surface area contributed by atoms with Crippen molar-refractivity contribution in [3.63, 3.8) is 0 Å². The van der Waals surface area contributed by atoms with Crippen LogP contribution in [0, 0.1) is 6.92 Å². The van der Waals surface area contributed by atoms with Crippen molar-refractivity contribution in [2.45, 2.75) is 39.5 Å². The van der Waals surface area contributed by atoms with E-state index in [0.29, 0.717) is 12.1 Å². The number of halogens is 3. The van der Waals surface area contributed by atoms with Gasteiger partial charge in [-0.05, 0) is 24.1 Å². The fourth-order valence-corrected chi connectivity index (χ4v) is 2.23. The van der Waals surface area contributed by atoms with Crippen LogP contribution in [0.15, 0.2) is 36.7 Å². The molecule has 1 aromatic heterocycles.